The molecule has 1 unspecified atom stereocenters. The van der Waals surface area contributed by atoms with Crippen molar-refractivity contribution in [2.45, 2.75) is 32.9 Å². The van der Waals surface area contributed by atoms with Gasteiger partial charge in [-0.1, -0.05) is 56.0 Å². The molecule has 1 saturated heterocycles. The zero-order chi connectivity index (χ0) is 21.7. The van der Waals surface area contributed by atoms with Crippen LogP contribution in [0.1, 0.15) is 25.8 Å². The second-order valence-electron chi connectivity index (χ2n) is 7.21. The quantitative estimate of drug-likeness (QED) is 0.382. The van der Waals surface area contributed by atoms with E-state index in [0.29, 0.717) is 21.3 Å². The molecular formula is C21H23FN4O2S2. The van der Waals surface area contributed by atoms with Gasteiger partial charge in [0.2, 0.25) is 5.91 Å². The van der Waals surface area contributed by atoms with Crippen LogP contribution in [0, 0.1) is 11.7 Å². The summed E-state index contributed by atoms with van der Waals surface area (Å²) < 4.78 is 16.2. The first-order valence-corrected chi connectivity index (χ1v) is 10.9. The Hall–Kier alpha value is -2.52. The molecule has 3 rings (SSSR count). The molecule has 0 bridgehead atoms. The Morgan fingerprint density at radius 3 is 2.80 bits per heavy atom. The summed E-state index contributed by atoms with van der Waals surface area (Å²) in [6, 6.07) is 5.49. The van der Waals surface area contributed by atoms with Gasteiger partial charge in [-0.25, -0.2) is 9.37 Å². The van der Waals surface area contributed by atoms with Gasteiger partial charge in [-0.05, 0) is 24.5 Å². The fraction of sp³-hybridized carbons (Fsp3) is 0.333. The van der Waals surface area contributed by atoms with Crippen molar-refractivity contribution in [3.05, 3.63) is 59.3 Å². The van der Waals surface area contributed by atoms with Gasteiger partial charge in [0, 0.05) is 31.0 Å². The number of hydrogen-bond donors (Lipinski definition) is 1. The molecule has 30 heavy (non-hydrogen) atoms. The zero-order valence-corrected chi connectivity index (χ0v) is 18.4. The third-order valence-electron chi connectivity index (χ3n) is 4.65. The Kier molecular flexibility index (Phi) is 7.38. The number of thiocarbonyl (C=S) groups is 1. The van der Waals surface area contributed by atoms with Crippen LogP contribution >= 0.6 is 24.0 Å². The van der Waals surface area contributed by atoms with Crippen molar-refractivity contribution in [1.82, 2.24) is 19.8 Å². The molecule has 1 aliphatic heterocycles. The van der Waals surface area contributed by atoms with E-state index in [-0.39, 0.29) is 17.7 Å². The summed E-state index contributed by atoms with van der Waals surface area (Å²) >= 11 is 6.48. The van der Waals surface area contributed by atoms with Crippen molar-refractivity contribution < 1.29 is 14.0 Å². The van der Waals surface area contributed by atoms with Crippen molar-refractivity contribution in [3.8, 4) is 0 Å². The Bertz CT molecular complexity index is 960. The Balaban J connectivity index is 1.68. The summed E-state index contributed by atoms with van der Waals surface area (Å²) in [5, 5.41) is 2.90. The molecule has 1 aromatic heterocycles. The van der Waals surface area contributed by atoms with Crippen molar-refractivity contribution >= 4 is 46.2 Å². The van der Waals surface area contributed by atoms with Gasteiger partial charge in [0.25, 0.3) is 5.91 Å². The lowest BCUT2D eigenvalue weighted by atomic mass is 10.0. The molecule has 0 saturated carbocycles. The van der Waals surface area contributed by atoms with Crippen molar-refractivity contribution in [3.63, 3.8) is 0 Å². The molecule has 1 atom stereocenters. The highest BCUT2D eigenvalue weighted by atomic mass is 32.2. The van der Waals surface area contributed by atoms with E-state index in [9.17, 15) is 14.0 Å². The Labute approximate surface area is 184 Å². The second kappa shape index (κ2) is 9.99. The first kappa shape index (κ1) is 22.2. The maximum atomic E-state index is 14.0. The highest BCUT2D eigenvalue weighted by molar-refractivity contribution is 8.26. The summed E-state index contributed by atoms with van der Waals surface area (Å²) in [5.41, 5.74) is 0.308. The number of halogens is 1. The number of aryl methyl sites for hydroxylation is 1. The topological polar surface area (TPSA) is 67.2 Å². The minimum Gasteiger partial charge on any atom is -0.354 e. The molecule has 0 aliphatic carbocycles. The molecule has 158 valence electrons. The number of hydrogen-bond acceptors (Lipinski definition) is 5. The maximum Gasteiger partial charge on any atom is 0.266 e. The van der Waals surface area contributed by atoms with Crippen LogP contribution in [0.15, 0.2) is 47.9 Å². The fourth-order valence-corrected chi connectivity index (χ4v) is 4.49. The molecule has 2 amide bonds. The van der Waals surface area contributed by atoms with Crippen LogP contribution < -0.4 is 5.32 Å². The van der Waals surface area contributed by atoms with Gasteiger partial charge < -0.3 is 9.88 Å². The molecule has 2 aromatic rings. The molecular weight excluding hydrogens is 423 g/mol. The van der Waals surface area contributed by atoms with Gasteiger partial charge in [-0.3, -0.25) is 14.5 Å². The third-order valence-corrected chi connectivity index (χ3v) is 5.98. The van der Waals surface area contributed by atoms with Crippen LogP contribution in [0.25, 0.3) is 6.08 Å². The number of imidazole rings is 1. The van der Waals surface area contributed by atoms with Crippen LogP contribution in [0.4, 0.5) is 4.39 Å². The van der Waals surface area contributed by atoms with E-state index < -0.39 is 11.9 Å². The Morgan fingerprint density at radius 1 is 1.37 bits per heavy atom. The average Bonchev–Trinajstić information content (AvgIpc) is 3.31. The predicted molar refractivity (Wildman–Crippen MR) is 120 cm³/mol. The number of rotatable bonds is 8. The van der Waals surface area contributed by atoms with E-state index in [2.05, 4.69) is 10.3 Å². The number of benzene rings is 1. The normalized spacial score (nSPS) is 16.5. The van der Waals surface area contributed by atoms with Crippen LogP contribution in [-0.4, -0.2) is 43.2 Å². The monoisotopic (exact) mass is 446 g/mol. The van der Waals surface area contributed by atoms with E-state index in [1.165, 1.54) is 17.0 Å². The number of amides is 2. The van der Waals surface area contributed by atoms with Crippen LogP contribution in [-0.2, 0) is 16.1 Å². The number of nitrogens with zero attached hydrogens (tertiary/aromatic N) is 3. The van der Waals surface area contributed by atoms with Gasteiger partial charge in [-0.15, -0.1) is 0 Å². The summed E-state index contributed by atoms with van der Waals surface area (Å²) in [7, 11) is 0. The first-order chi connectivity index (χ1) is 14.4. The summed E-state index contributed by atoms with van der Waals surface area (Å²) in [6.07, 6.45) is 7.51. The maximum absolute atomic E-state index is 14.0. The zero-order valence-electron chi connectivity index (χ0n) is 16.7. The number of nitrogens with one attached hydrogen (secondary N) is 1. The van der Waals surface area contributed by atoms with Crippen molar-refractivity contribution in [1.29, 1.82) is 0 Å². The number of thioether (sulfide) groups is 1. The predicted octanol–water partition coefficient (Wildman–Crippen LogP) is 3.45. The minimum atomic E-state index is -0.725. The summed E-state index contributed by atoms with van der Waals surface area (Å²) in [5.74, 6) is -1.19. The molecule has 1 N–H and O–H groups in total. The largest absolute Gasteiger partial charge is 0.354 e. The van der Waals surface area contributed by atoms with E-state index in [0.717, 1.165) is 24.7 Å². The minimum absolute atomic E-state index is 0.144. The molecule has 1 aromatic carbocycles. The molecule has 0 radical (unpaired) electrons. The van der Waals surface area contributed by atoms with E-state index in [4.69, 9.17) is 12.2 Å². The first-order valence-electron chi connectivity index (χ1n) is 9.63. The molecule has 1 fully saturated rings. The SMILES string of the molecule is CC(C)C(C(=O)NCCCn1ccnc1)N1C(=O)C(=Cc2ccccc2F)SC1=S. The molecule has 9 heteroatoms. The lowest BCUT2D eigenvalue weighted by Crippen LogP contribution is -2.51. The molecule has 6 nitrogen and oxygen atoms in total. The van der Waals surface area contributed by atoms with Gasteiger partial charge >= 0.3 is 0 Å². The smallest absolute Gasteiger partial charge is 0.266 e. The van der Waals surface area contributed by atoms with Crippen LogP contribution in [0.3, 0.4) is 0 Å². The highest BCUT2D eigenvalue weighted by Crippen LogP contribution is 2.35. The van der Waals surface area contributed by atoms with Crippen LogP contribution in [0.5, 0.6) is 0 Å². The molecule has 1 aliphatic rings. The van der Waals surface area contributed by atoms with E-state index >= 15 is 0 Å². The van der Waals surface area contributed by atoms with Gasteiger partial charge in [0.15, 0.2) is 0 Å². The van der Waals surface area contributed by atoms with Crippen LogP contribution in [0.2, 0.25) is 0 Å². The third kappa shape index (κ3) is 5.14. The highest BCUT2D eigenvalue weighted by Gasteiger charge is 2.41. The van der Waals surface area contributed by atoms with Gasteiger partial charge in [0.1, 0.15) is 16.2 Å². The average molecular weight is 447 g/mol. The lowest BCUT2D eigenvalue weighted by molar-refractivity contribution is -0.134. The fourth-order valence-electron chi connectivity index (χ4n) is 3.17. The van der Waals surface area contributed by atoms with Crippen molar-refractivity contribution in [2.24, 2.45) is 5.92 Å². The standard InChI is InChI=1S/C21H23FN4O2S2/c1-14(2)18(19(27)24-8-5-10-25-11-9-23-13-25)26-20(28)17(30-21(26)29)12-15-6-3-4-7-16(15)22/h3-4,6-7,9,11-14,18H,5,8,10H2,1-2H3,(H,24,27). The number of carbonyl (C=O) groups excluding carboxylic acids is 2. The molecule has 2 heterocycles. The summed E-state index contributed by atoms with van der Waals surface area (Å²) in [6.45, 7) is 4.95. The van der Waals surface area contributed by atoms with Crippen molar-refractivity contribution in [2.75, 3.05) is 6.54 Å². The number of aromatic nitrogens is 2. The summed E-state index contributed by atoms with van der Waals surface area (Å²) in [4.78, 5) is 31.5. The van der Waals surface area contributed by atoms with E-state index in [1.54, 1.807) is 30.7 Å². The second-order valence-corrected chi connectivity index (χ2v) is 8.88. The number of carbonyl (C=O) groups is 2. The van der Waals surface area contributed by atoms with Gasteiger partial charge in [-0.2, -0.15) is 0 Å². The van der Waals surface area contributed by atoms with E-state index in [1.807, 2.05) is 24.6 Å². The Morgan fingerprint density at radius 2 is 2.13 bits per heavy atom. The van der Waals surface area contributed by atoms with Gasteiger partial charge in [0.05, 0.1) is 11.2 Å². The molecule has 0 spiro atoms. The lowest BCUT2D eigenvalue weighted by Gasteiger charge is -2.29.